The maximum atomic E-state index is 13.4. The average molecular weight is 385 g/mol. The van der Waals surface area contributed by atoms with E-state index in [-0.39, 0.29) is 12.0 Å². The number of hydrogen-bond donors (Lipinski definition) is 2. The van der Waals surface area contributed by atoms with Crippen molar-refractivity contribution in [2.75, 3.05) is 25.3 Å². The number of ether oxygens (including phenoxy) is 1. The highest BCUT2D eigenvalue weighted by Gasteiger charge is 2.28. The molecule has 0 unspecified atom stereocenters. The summed E-state index contributed by atoms with van der Waals surface area (Å²) in [6, 6.07) is 4.73. The predicted octanol–water partition coefficient (Wildman–Crippen LogP) is 4.04. The molecule has 2 aliphatic rings. The van der Waals surface area contributed by atoms with Crippen molar-refractivity contribution >= 4 is 11.8 Å². The molecular weight excluding hydrogens is 354 g/mol. The number of hydrogen-bond acceptors (Lipinski definition) is 4. The van der Waals surface area contributed by atoms with Gasteiger partial charge in [0.15, 0.2) is 0 Å². The Morgan fingerprint density at radius 2 is 1.85 bits per heavy atom. The van der Waals surface area contributed by atoms with Gasteiger partial charge in [-0.3, -0.25) is 0 Å². The molecule has 2 atom stereocenters. The first kappa shape index (κ1) is 20.1. The quantitative estimate of drug-likeness (QED) is 0.695. The summed E-state index contributed by atoms with van der Waals surface area (Å²) >= 11 is 1.81. The minimum Gasteiger partial charge on any atom is -0.377 e. The lowest BCUT2D eigenvalue weighted by Crippen LogP contribution is -2.54. The van der Waals surface area contributed by atoms with Crippen molar-refractivity contribution in [2.45, 2.75) is 62.6 Å². The van der Waals surface area contributed by atoms with Crippen LogP contribution < -0.4 is 10.6 Å². The van der Waals surface area contributed by atoms with Crippen LogP contribution >= 0.6 is 11.8 Å². The minimum absolute atomic E-state index is 0.240. The molecule has 2 N–H and O–H groups in total. The fraction of sp³-hybridized carbons (Fsp3) is 0.700. The Balaban J connectivity index is 1.44. The Kier molecular flexibility index (Phi) is 7.73. The van der Waals surface area contributed by atoms with Gasteiger partial charge in [0.2, 0.25) is 0 Å². The summed E-state index contributed by atoms with van der Waals surface area (Å²) < 4.78 is 33.1. The highest BCUT2D eigenvalue weighted by Crippen LogP contribution is 2.34. The van der Waals surface area contributed by atoms with Gasteiger partial charge >= 0.3 is 0 Å². The molecule has 0 aromatic heterocycles. The second-order valence-electron chi connectivity index (χ2n) is 7.46. The summed E-state index contributed by atoms with van der Waals surface area (Å²) in [7, 11) is 0. The molecule has 1 saturated carbocycles. The number of piperidine rings is 1. The molecule has 1 aromatic rings. The normalized spacial score (nSPS) is 29.7. The van der Waals surface area contributed by atoms with E-state index in [0.29, 0.717) is 12.1 Å². The monoisotopic (exact) mass is 384 g/mol. The summed E-state index contributed by atoms with van der Waals surface area (Å²) in [5.74, 6) is 0.248. The number of nitrogens with one attached hydrogen (secondary N) is 2. The van der Waals surface area contributed by atoms with E-state index in [1.165, 1.54) is 25.0 Å². The number of rotatable bonds is 7. The van der Waals surface area contributed by atoms with E-state index >= 15 is 0 Å². The fourth-order valence-corrected chi connectivity index (χ4v) is 4.56. The maximum absolute atomic E-state index is 13.4. The van der Waals surface area contributed by atoms with Crippen molar-refractivity contribution in [3.63, 3.8) is 0 Å². The molecule has 0 spiro atoms. The molecule has 1 aliphatic heterocycles. The Bertz CT molecular complexity index is 546. The van der Waals surface area contributed by atoms with Crippen LogP contribution in [0.2, 0.25) is 0 Å². The van der Waals surface area contributed by atoms with E-state index in [2.05, 4.69) is 16.9 Å². The highest BCUT2D eigenvalue weighted by molar-refractivity contribution is 7.98. The van der Waals surface area contributed by atoms with Gasteiger partial charge in [-0.2, -0.15) is 0 Å². The van der Waals surface area contributed by atoms with E-state index in [9.17, 15) is 8.78 Å². The van der Waals surface area contributed by atoms with Crippen LogP contribution in [-0.2, 0) is 4.74 Å². The van der Waals surface area contributed by atoms with Gasteiger partial charge in [0.25, 0.3) is 0 Å². The SMILES string of the molecule is CSCN[C@H]1CCCN[C@H]1COC1CCC(c2cc(F)cc(F)c2)CC1. The molecule has 1 aromatic carbocycles. The first-order valence-corrected chi connectivity index (χ1v) is 11.1. The van der Waals surface area contributed by atoms with Crippen molar-refractivity contribution in [3.05, 3.63) is 35.4 Å². The van der Waals surface area contributed by atoms with Crippen molar-refractivity contribution in [1.29, 1.82) is 0 Å². The fourth-order valence-electron chi connectivity index (χ4n) is 4.18. The first-order chi connectivity index (χ1) is 12.7. The summed E-state index contributed by atoms with van der Waals surface area (Å²) in [5, 5.41) is 7.18. The van der Waals surface area contributed by atoms with Crippen LogP contribution in [0, 0.1) is 11.6 Å². The molecule has 146 valence electrons. The summed E-state index contributed by atoms with van der Waals surface area (Å²) in [5.41, 5.74) is 0.788. The van der Waals surface area contributed by atoms with E-state index in [1.54, 1.807) is 0 Å². The molecule has 0 radical (unpaired) electrons. The van der Waals surface area contributed by atoms with Crippen LogP contribution in [0.25, 0.3) is 0 Å². The highest BCUT2D eigenvalue weighted by atomic mass is 32.2. The third-order valence-electron chi connectivity index (χ3n) is 5.62. The van der Waals surface area contributed by atoms with Crippen molar-refractivity contribution in [3.8, 4) is 0 Å². The van der Waals surface area contributed by atoms with Gasteiger partial charge in [-0.25, -0.2) is 8.78 Å². The standard InChI is InChI=1S/C20H30F2N2OS/c1-26-13-24-19-3-2-8-23-20(19)12-25-18-6-4-14(5-7-18)15-9-16(21)11-17(22)10-15/h9-11,14,18-20,23-24H,2-8,12-13H2,1H3/t14?,18?,19-,20-/m0/s1. The Morgan fingerprint density at radius 1 is 1.12 bits per heavy atom. The molecule has 3 rings (SSSR count). The number of thioether (sulfide) groups is 1. The van der Waals surface area contributed by atoms with Crippen LogP contribution in [0.15, 0.2) is 18.2 Å². The minimum atomic E-state index is -0.481. The second-order valence-corrected chi connectivity index (χ2v) is 8.32. The lowest BCUT2D eigenvalue weighted by molar-refractivity contribution is 0.00414. The molecule has 1 aliphatic carbocycles. The van der Waals surface area contributed by atoms with Crippen LogP contribution in [-0.4, -0.2) is 43.5 Å². The topological polar surface area (TPSA) is 33.3 Å². The van der Waals surface area contributed by atoms with Crippen LogP contribution in [0.4, 0.5) is 8.78 Å². The van der Waals surface area contributed by atoms with E-state index in [1.807, 2.05) is 11.8 Å². The summed E-state index contributed by atoms with van der Waals surface area (Å²) in [6.45, 7) is 1.79. The van der Waals surface area contributed by atoms with Crippen molar-refractivity contribution < 1.29 is 13.5 Å². The van der Waals surface area contributed by atoms with Gasteiger partial charge in [-0.1, -0.05) is 0 Å². The molecule has 0 amide bonds. The molecule has 0 bridgehead atoms. The molecule has 3 nitrogen and oxygen atoms in total. The summed E-state index contributed by atoms with van der Waals surface area (Å²) in [6.07, 6.45) is 8.54. The summed E-state index contributed by atoms with van der Waals surface area (Å²) in [4.78, 5) is 0. The smallest absolute Gasteiger partial charge is 0.126 e. The van der Waals surface area contributed by atoms with Gasteiger partial charge in [-0.15, -0.1) is 11.8 Å². The maximum Gasteiger partial charge on any atom is 0.126 e. The lowest BCUT2D eigenvalue weighted by Gasteiger charge is -2.35. The van der Waals surface area contributed by atoms with Crippen LogP contribution in [0.1, 0.15) is 50.0 Å². The van der Waals surface area contributed by atoms with E-state index < -0.39 is 11.6 Å². The van der Waals surface area contributed by atoms with Gasteiger partial charge in [0, 0.05) is 24.0 Å². The Labute approximate surface area is 159 Å². The van der Waals surface area contributed by atoms with Crippen molar-refractivity contribution in [1.82, 2.24) is 10.6 Å². The Morgan fingerprint density at radius 3 is 2.54 bits per heavy atom. The zero-order chi connectivity index (χ0) is 18.4. The number of benzene rings is 1. The van der Waals surface area contributed by atoms with Crippen molar-refractivity contribution in [2.24, 2.45) is 0 Å². The number of halogens is 2. The Hall–Kier alpha value is -0.690. The predicted molar refractivity (Wildman–Crippen MR) is 104 cm³/mol. The molecule has 26 heavy (non-hydrogen) atoms. The lowest BCUT2D eigenvalue weighted by atomic mass is 9.82. The molecule has 2 fully saturated rings. The van der Waals surface area contributed by atoms with Gasteiger partial charge < -0.3 is 15.4 Å². The zero-order valence-corrected chi connectivity index (χ0v) is 16.3. The van der Waals surface area contributed by atoms with Gasteiger partial charge in [0.1, 0.15) is 11.6 Å². The van der Waals surface area contributed by atoms with E-state index in [4.69, 9.17) is 4.74 Å². The zero-order valence-electron chi connectivity index (χ0n) is 15.5. The average Bonchev–Trinajstić information content (AvgIpc) is 2.65. The third kappa shape index (κ3) is 5.65. The van der Waals surface area contributed by atoms with Crippen LogP contribution in [0.5, 0.6) is 0 Å². The molecule has 6 heteroatoms. The first-order valence-electron chi connectivity index (χ1n) is 9.69. The van der Waals surface area contributed by atoms with Gasteiger partial charge in [-0.05, 0) is 74.9 Å². The largest absolute Gasteiger partial charge is 0.377 e. The molecular formula is C20H30F2N2OS. The molecule has 1 saturated heterocycles. The van der Waals surface area contributed by atoms with E-state index in [0.717, 1.165) is 56.3 Å². The molecule has 1 heterocycles. The third-order valence-corrected chi connectivity index (χ3v) is 6.07. The van der Waals surface area contributed by atoms with Gasteiger partial charge in [0.05, 0.1) is 12.7 Å². The van der Waals surface area contributed by atoms with Crippen LogP contribution in [0.3, 0.4) is 0 Å². The second kappa shape index (κ2) is 10.0.